The monoisotopic (exact) mass is 508 g/mol. The van der Waals surface area contributed by atoms with E-state index in [0.29, 0.717) is 34.4 Å². The molecule has 1 aromatic heterocycles. The fraction of sp³-hybridized carbons (Fsp3) is 0.370. The zero-order valence-corrected chi connectivity index (χ0v) is 21.3. The number of rotatable bonds is 6. The molecule has 1 spiro atoms. The Morgan fingerprint density at radius 3 is 2.67 bits per heavy atom. The fourth-order valence-corrected chi connectivity index (χ4v) is 5.52. The molecule has 2 aliphatic rings. The van der Waals surface area contributed by atoms with Crippen LogP contribution in [-0.2, 0) is 10.5 Å². The number of amides is 1. The van der Waals surface area contributed by atoms with Crippen LogP contribution in [-0.4, -0.2) is 46.2 Å². The third-order valence-corrected chi connectivity index (χ3v) is 7.40. The number of hydrogen-bond acceptors (Lipinski definition) is 7. The smallest absolute Gasteiger partial charge is 0.410 e. The van der Waals surface area contributed by atoms with E-state index in [9.17, 15) is 9.18 Å². The highest BCUT2D eigenvalue weighted by Crippen LogP contribution is 2.53. The Morgan fingerprint density at radius 1 is 1.19 bits per heavy atom. The van der Waals surface area contributed by atoms with Crippen molar-refractivity contribution in [1.29, 1.82) is 0 Å². The molecule has 2 aromatic carbocycles. The summed E-state index contributed by atoms with van der Waals surface area (Å²) in [4.78, 5) is 24.1. The molecule has 1 amide bonds. The molecule has 3 aromatic rings. The van der Waals surface area contributed by atoms with E-state index in [0.717, 1.165) is 18.7 Å². The van der Waals surface area contributed by atoms with Gasteiger partial charge in [-0.2, -0.15) is 0 Å². The minimum Gasteiger partial charge on any atom is -0.453 e. The van der Waals surface area contributed by atoms with Gasteiger partial charge in [-0.25, -0.2) is 19.2 Å². The zero-order chi connectivity index (χ0) is 25.3. The first-order valence-corrected chi connectivity index (χ1v) is 12.9. The van der Waals surface area contributed by atoms with Gasteiger partial charge in [-0.05, 0) is 44.5 Å². The van der Waals surface area contributed by atoms with Crippen LogP contribution in [0.25, 0.3) is 0 Å². The Balaban J connectivity index is 1.42. The molecule has 0 aliphatic carbocycles. The number of hydrogen-bond donors (Lipinski definition) is 1. The molecule has 7 nitrogen and oxygen atoms in total. The largest absolute Gasteiger partial charge is 0.453 e. The van der Waals surface area contributed by atoms with E-state index in [1.54, 1.807) is 17.2 Å². The number of likely N-dealkylation sites (tertiary alicyclic amines) is 1. The summed E-state index contributed by atoms with van der Waals surface area (Å²) < 4.78 is 26.1. The summed E-state index contributed by atoms with van der Waals surface area (Å²) >= 11 is 1.49. The van der Waals surface area contributed by atoms with E-state index in [1.807, 2.05) is 51.1 Å². The predicted molar refractivity (Wildman–Crippen MR) is 135 cm³/mol. The number of ether oxygens (including phenoxy) is 2. The van der Waals surface area contributed by atoms with Gasteiger partial charge in [-0.1, -0.05) is 30.3 Å². The molecule has 0 radical (unpaired) electrons. The number of nitrogens with zero attached hydrogens (tertiary/aromatic N) is 3. The number of halogens is 1. The van der Waals surface area contributed by atoms with Crippen LogP contribution < -0.4 is 10.1 Å². The SMILES string of the molecule is CC(C)(C)OC(=O)N1CC2(CNC2)C1c1ncncc1Oc1ccc(F)cc1SCc1ccccc1. The van der Waals surface area contributed by atoms with Gasteiger partial charge in [0.15, 0.2) is 5.75 Å². The van der Waals surface area contributed by atoms with Crippen LogP contribution in [0.2, 0.25) is 0 Å². The van der Waals surface area contributed by atoms with Crippen molar-refractivity contribution in [2.24, 2.45) is 5.41 Å². The standard InChI is InChI=1S/C27H29FN4O3S/c1-26(2,3)35-25(33)32-16-27(14-30-15-27)24(32)23-21(12-29-17-31-23)34-20-10-9-19(28)11-22(20)36-13-18-7-5-4-6-8-18/h4-12,17,24,30H,13-16H2,1-3H3. The first kappa shape index (κ1) is 24.5. The molecule has 2 saturated heterocycles. The Bertz CT molecular complexity index is 1250. The maximum Gasteiger partial charge on any atom is 0.410 e. The van der Waals surface area contributed by atoms with E-state index < -0.39 is 5.60 Å². The van der Waals surface area contributed by atoms with Gasteiger partial charge in [0.1, 0.15) is 29.2 Å². The fourth-order valence-electron chi connectivity index (χ4n) is 4.56. The van der Waals surface area contributed by atoms with Crippen molar-refractivity contribution in [3.63, 3.8) is 0 Å². The number of nitrogens with one attached hydrogen (secondary N) is 1. The molecule has 2 aliphatic heterocycles. The number of carbonyl (C=O) groups is 1. The summed E-state index contributed by atoms with van der Waals surface area (Å²) in [6.07, 6.45) is 2.68. The van der Waals surface area contributed by atoms with Crippen LogP contribution >= 0.6 is 11.8 Å². The lowest BCUT2D eigenvalue weighted by molar-refractivity contribution is -0.110. The maximum atomic E-state index is 14.2. The molecular formula is C27H29FN4O3S. The summed E-state index contributed by atoms with van der Waals surface area (Å²) in [6.45, 7) is 7.68. The zero-order valence-electron chi connectivity index (χ0n) is 20.5. The van der Waals surface area contributed by atoms with Gasteiger partial charge in [0.25, 0.3) is 0 Å². The second kappa shape index (κ2) is 9.71. The van der Waals surface area contributed by atoms with Crippen molar-refractivity contribution < 1.29 is 18.7 Å². The number of benzene rings is 2. The highest BCUT2D eigenvalue weighted by molar-refractivity contribution is 7.98. The summed E-state index contributed by atoms with van der Waals surface area (Å²) in [7, 11) is 0. The first-order chi connectivity index (χ1) is 17.2. The quantitative estimate of drug-likeness (QED) is 0.436. The van der Waals surface area contributed by atoms with Crippen LogP contribution in [0.3, 0.4) is 0 Å². The van der Waals surface area contributed by atoms with E-state index in [1.165, 1.54) is 30.2 Å². The van der Waals surface area contributed by atoms with Crippen molar-refractivity contribution in [3.05, 3.63) is 78.1 Å². The summed E-state index contributed by atoms with van der Waals surface area (Å²) in [5, 5.41) is 3.32. The number of thioether (sulfide) groups is 1. The van der Waals surface area contributed by atoms with Crippen molar-refractivity contribution in [2.45, 2.75) is 43.1 Å². The molecule has 36 heavy (non-hydrogen) atoms. The molecule has 2 fully saturated rings. The second-order valence-corrected chi connectivity index (χ2v) is 11.2. The van der Waals surface area contributed by atoms with Crippen molar-refractivity contribution in [1.82, 2.24) is 20.2 Å². The highest BCUT2D eigenvalue weighted by atomic mass is 32.2. The Morgan fingerprint density at radius 2 is 1.97 bits per heavy atom. The van der Waals surface area contributed by atoms with E-state index >= 15 is 0 Å². The Kier molecular flexibility index (Phi) is 6.61. The molecule has 0 saturated carbocycles. The van der Waals surface area contributed by atoms with Gasteiger partial charge in [-0.15, -0.1) is 11.8 Å². The van der Waals surface area contributed by atoms with Gasteiger partial charge in [0, 0.05) is 30.8 Å². The molecule has 1 N–H and O–H groups in total. The second-order valence-electron chi connectivity index (χ2n) is 10.2. The van der Waals surface area contributed by atoms with Gasteiger partial charge >= 0.3 is 6.09 Å². The van der Waals surface area contributed by atoms with Crippen LogP contribution in [0.15, 0.2) is 66.0 Å². The molecule has 5 rings (SSSR count). The van der Waals surface area contributed by atoms with Gasteiger partial charge in [0.05, 0.1) is 17.1 Å². The van der Waals surface area contributed by atoms with Gasteiger partial charge in [0.2, 0.25) is 0 Å². The Labute approximate surface area is 214 Å². The highest BCUT2D eigenvalue weighted by Gasteiger charge is 2.60. The average molecular weight is 509 g/mol. The van der Waals surface area contributed by atoms with E-state index in [-0.39, 0.29) is 23.4 Å². The minimum atomic E-state index is -0.605. The Hall–Kier alpha value is -3.17. The molecule has 3 heterocycles. The van der Waals surface area contributed by atoms with Crippen molar-refractivity contribution >= 4 is 17.9 Å². The summed E-state index contributed by atoms with van der Waals surface area (Å²) in [5.41, 5.74) is 1.01. The lowest BCUT2D eigenvalue weighted by atomic mass is 9.65. The normalized spacial score (nSPS) is 18.3. The van der Waals surface area contributed by atoms with Crippen LogP contribution in [0.4, 0.5) is 9.18 Å². The summed E-state index contributed by atoms with van der Waals surface area (Å²) in [6, 6.07) is 14.1. The van der Waals surface area contributed by atoms with Crippen molar-refractivity contribution in [3.8, 4) is 11.5 Å². The third-order valence-electron chi connectivity index (χ3n) is 6.29. The average Bonchev–Trinajstić information content (AvgIpc) is 2.78. The maximum absolute atomic E-state index is 14.2. The molecule has 9 heteroatoms. The molecule has 0 bridgehead atoms. The number of aromatic nitrogens is 2. The lowest BCUT2D eigenvalue weighted by Crippen LogP contribution is -2.73. The lowest BCUT2D eigenvalue weighted by Gasteiger charge is -2.61. The van der Waals surface area contributed by atoms with Crippen LogP contribution in [0.5, 0.6) is 11.5 Å². The predicted octanol–water partition coefficient (Wildman–Crippen LogP) is 5.58. The molecule has 188 valence electrons. The van der Waals surface area contributed by atoms with Crippen LogP contribution in [0, 0.1) is 11.2 Å². The topological polar surface area (TPSA) is 76.6 Å². The first-order valence-electron chi connectivity index (χ1n) is 11.9. The summed E-state index contributed by atoms with van der Waals surface area (Å²) in [5.74, 6) is 1.28. The third kappa shape index (κ3) is 5.03. The molecule has 1 atom stereocenters. The van der Waals surface area contributed by atoms with Crippen LogP contribution in [0.1, 0.15) is 38.1 Å². The van der Waals surface area contributed by atoms with Gasteiger partial charge in [-0.3, -0.25) is 4.90 Å². The van der Waals surface area contributed by atoms with E-state index in [2.05, 4.69) is 15.3 Å². The van der Waals surface area contributed by atoms with Gasteiger partial charge < -0.3 is 14.8 Å². The van der Waals surface area contributed by atoms with E-state index in [4.69, 9.17) is 9.47 Å². The van der Waals surface area contributed by atoms with Crippen molar-refractivity contribution in [2.75, 3.05) is 19.6 Å². The molecular weight excluding hydrogens is 479 g/mol. The molecule has 1 unspecified atom stereocenters. The number of carbonyl (C=O) groups excluding carboxylic acids is 1. The minimum absolute atomic E-state index is 0.128.